The normalized spacial score (nSPS) is 19.9. The summed E-state index contributed by atoms with van der Waals surface area (Å²) in [6.45, 7) is 8.54. The average Bonchev–Trinajstić information content (AvgIpc) is 3.23. The Hall–Kier alpha value is -1.98. The number of thiophene rings is 1. The van der Waals surface area contributed by atoms with Crippen molar-refractivity contribution >= 4 is 28.6 Å². The van der Waals surface area contributed by atoms with Crippen molar-refractivity contribution in [3.05, 3.63) is 62.5 Å². The Morgan fingerprint density at radius 2 is 1.96 bits per heavy atom. The van der Waals surface area contributed by atoms with Crippen molar-refractivity contribution in [2.45, 2.75) is 46.1 Å². The van der Waals surface area contributed by atoms with E-state index < -0.39 is 5.54 Å². The SMILES string of the molecule is Cc1nnc2n1-c1sc3c(c1C(c1ccccc1Cl)=NC2(C)C)C[C@H](C)C3. The lowest BCUT2D eigenvalue weighted by Gasteiger charge is -2.19. The Kier molecular flexibility index (Phi) is 3.66. The molecule has 5 rings (SSSR count). The zero-order chi connectivity index (χ0) is 18.9. The summed E-state index contributed by atoms with van der Waals surface area (Å²) in [6, 6.07) is 8.01. The monoisotopic (exact) mass is 396 g/mol. The lowest BCUT2D eigenvalue weighted by atomic mass is 9.97. The van der Waals surface area contributed by atoms with Gasteiger partial charge >= 0.3 is 0 Å². The highest BCUT2D eigenvalue weighted by Crippen LogP contribution is 2.45. The number of fused-ring (bicyclic) bond motifs is 5. The Labute approximate surface area is 167 Å². The molecule has 3 heterocycles. The number of benzene rings is 1. The second-order valence-electron chi connectivity index (χ2n) is 8.10. The van der Waals surface area contributed by atoms with Gasteiger partial charge in [-0.15, -0.1) is 21.5 Å². The summed E-state index contributed by atoms with van der Waals surface area (Å²) in [5.41, 5.74) is 4.13. The summed E-state index contributed by atoms with van der Waals surface area (Å²) < 4.78 is 2.20. The van der Waals surface area contributed by atoms with Crippen LogP contribution in [0, 0.1) is 12.8 Å². The molecule has 3 aromatic rings. The minimum atomic E-state index is -0.494. The number of halogens is 1. The zero-order valence-electron chi connectivity index (χ0n) is 15.9. The quantitative estimate of drug-likeness (QED) is 0.573. The molecule has 0 amide bonds. The maximum Gasteiger partial charge on any atom is 0.165 e. The topological polar surface area (TPSA) is 43.1 Å². The van der Waals surface area contributed by atoms with E-state index in [1.165, 1.54) is 21.0 Å². The number of rotatable bonds is 1. The number of nitrogens with zero attached hydrogens (tertiary/aromatic N) is 4. The van der Waals surface area contributed by atoms with Crippen molar-refractivity contribution in [3.63, 3.8) is 0 Å². The van der Waals surface area contributed by atoms with E-state index in [-0.39, 0.29) is 0 Å². The lowest BCUT2D eigenvalue weighted by molar-refractivity contribution is 0.510. The summed E-state index contributed by atoms with van der Waals surface area (Å²) in [5, 5.41) is 10.8. The van der Waals surface area contributed by atoms with Gasteiger partial charge in [0.1, 0.15) is 16.4 Å². The first-order valence-electron chi connectivity index (χ1n) is 9.29. The minimum Gasteiger partial charge on any atom is -0.271 e. The molecule has 0 radical (unpaired) electrons. The second kappa shape index (κ2) is 5.76. The van der Waals surface area contributed by atoms with Crippen molar-refractivity contribution in [3.8, 4) is 5.00 Å². The Morgan fingerprint density at radius 3 is 2.74 bits per heavy atom. The van der Waals surface area contributed by atoms with Gasteiger partial charge in [-0.2, -0.15) is 0 Å². The maximum atomic E-state index is 6.62. The predicted molar refractivity (Wildman–Crippen MR) is 111 cm³/mol. The molecule has 1 aromatic carbocycles. The van der Waals surface area contributed by atoms with E-state index in [1.54, 1.807) is 0 Å². The lowest BCUT2D eigenvalue weighted by Crippen LogP contribution is -2.20. The summed E-state index contributed by atoms with van der Waals surface area (Å²) in [4.78, 5) is 6.69. The van der Waals surface area contributed by atoms with E-state index in [2.05, 4.69) is 41.6 Å². The second-order valence-corrected chi connectivity index (χ2v) is 9.59. The first kappa shape index (κ1) is 17.1. The highest BCUT2D eigenvalue weighted by Gasteiger charge is 2.38. The van der Waals surface area contributed by atoms with Crippen LogP contribution in [0.1, 0.15) is 54.0 Å². The number of hydrogen-bond donors (Lipinski definition) is 0. The van der Waals surface area contributed by atoms with Crippen LogP contribution in [0.5, 0.6) is 0 Å². The highest BCUT2D eigenvalue weighted by atomic mass is 35.5. The minimum absolute atomic E-state index is 0.494. The maximum absolute atomic E-state index is 6.62. The van der Waals surface area contributed by atoms with Gasteiger partial charge in [0.25, 0.3) is 0 Å². The molecule has 6 heteroatoms. The van der Waals surface area contributed by atoms with Crippen molar-refractivity contribution in [1.29, 1.82) is 0 Å². The predicted octanol–water partition coefficient (Wildman–Crippen LogP) is 5.11. The van der Waals surface area contributed by atoms with Crippen LogP contribution in [-0.4, -0.2) is 20.5 Å². The van der Waals surface area contributed by atoms with E-state index in [0.29, 0.717) is 5.92 Å². The molecule has 1 aliphatic carbocycles. The first-order chi connectivity index (χ1) is 12.9. The van der Waals surface area contributed by atoms with Crippen LogP contribution < -0.4 is 0 Å². The number of aromatic nitrogens is 3. The molecule has 138 valence electrons. The summed E-state index contributed by atoms with van der Waals surface area (Å²) >= 11 is 8.49. The van der Waals surface area contributed by atoms with Crippen LogP contribution in [0.15, 0.2) is 29.3 Å². The van der Waals surface area contributed by atoms with Gasteiger partial charge in [0.2, 0.25) is 0 Å². The Balaban J connectivity index is 1.89. The van der Waals surface area contributed by atoms with Crippen molar-refractivity contribution in [1.82, 2.24) is 14.8 Å². The van der Waals surface area contributed by atoms with Gasteiger partial charge in [-0.25, -0.2) is 0 Å². The van der Waals surface area contributed by atoms with Crippen LogP contribution in [0.4, 0.5) is 0 Å². The summed E-state index contributed by atoms with van der Waals surface area (Å²) in [7, 11) is 0. The third kappa shape index (κ3) is 2.44. The largest absolute Gasteiger partial charge is 0.271 e. The van der Waals surface area contributed by atoms with Crippen molar-refractivity contribution in [2.75, 3.05) is 0 Å². The number of hydrogen-bond acceptors (Lipinski definition) is 4. The third-order valence-corrected chi connectivity index (χ3v) is 7.06. The Bertz CT molecular complexity index is 1110. The van der Waals surface area contributed by atoms with Crippen LogP contribution in [-0.2, 0) is 18.4 Å². The molecule has 4 nitrogen and oxygen atoms in total. The van der Waals surface area contributed by atoms with E-state index >= 15 is 0 Å². The van der Waals surface area contributed by atoms with E-state index in [1.807, 2.05) is 36.5 Å². The average molecular weight is 397 g/mol. The molecule has 0 spiro atoms. The molecule has 0 fully saturated rings. The van der Waals surface area contributed by atoms with E-state index in [4.69, 9.17) is 16.6 Å². The van der Waals surface area contributed by atoms with Crippen LogP contribution in [0.25, 0.3) is 5.00 Å². The third-order valence-electron chi connectivity index (χ3n) is 5.49. The first-order valence-corrected chi connectivity index (χ1v) is 10.5. The van der Waals surface area contributed by atoms with Crippen molar-refractivity contribution in [2.24, 2.45) is 10.9 Å². The highest BCUT2D eigenvalue weighted by molar-refractivity contribution is 7.15. The fourth-order valence-corrected chi connectivity index (χ4v) is 6.02. The van der Waals surface area contributed by atoms with Crippen LogP contribution in [0.3, 0.4) is 0 Å². The smallest absolute Gasteiger partial charge is 0.165 e. The molecule has 2 aromatic heterocycles. The number of aryl methyl sites for hydroxylation is 1. The molecular weight excluding hydrogens is 376 g/mol. The summed E-state index contributed by atoms with van der Waals surface area (Å²) in [6.07, 6.45) is 2.21. The molecule has 0 bridgehead atoms. The van der Waals surface area contributed by atoms with Gasteiger partial charge in [-0.1, -0.05) is 36.7 Å². The molecular formula is C21H21ClN4S. The van der Waals surface area contributed by atoms with Gasteiger partial charge in [-0.3, -0.25) is 9.56 Å². The number of aliphatic imine (C=N–C) groups is 1. The fraction of sp³-hybridized carbons (Fsp3) is 0.381. The molecule has 0 saturated carbocycles. The molecule has 27 heavy (non-hydrogen) atoms. The van der Waals surface area contributed by atoms with Gasteiger partial charge < -0.3 is 0 Å². The van der Waals surface area contributed by atoms with E-state index in [0.717, 1.165) is 40.8 Å². The molecule has 2 aliphatic rings. The summed E-state index contributed by atoms with van der Waals surface area (Å²) in [5.74, 6) is 2.46. The fourth-order valence-electron chi connectivity index (χ4n) is 4.25. The van der Waals surface area contributed by atoms with Crippen molar-refractivity contribution < 1.29 is 0 Å². The van der Waals surface area contributed by atoms with Crippen LogP contribution >= 0.6 is 22.9 Å². The molecule has 0 N–H and O–H groups in total. The van der Waals surface area contributed by atoms with Gasteiger partial charge in [0, 0.05) is 21.0 Å². The Morgan fingerprint density at radius 1 is 1.19 bits per heavy atom. The van der Waals surface area contributed by atoms with Crippen LogP contribution in [0.2, 0.25) is 5.02 Å². The molecule has 1 aliphatic heterocycles. The molecule has 0 unspecified atom stereocenters. The zero-order valence-corrected chi connectivity index (χ0v) is 17.4. The van der Waals surface area contributed by atoms with Gasteiger partial charge in [-0.05, 0) is 51.2 Å². The van der Waals surface area contributed by atoms with Gasteiger partial charge in [0.05, 0.1) is 5.71 Å². The molecule has 0 saturated heterocycles. The van der Waals surface area contributed by atoms with E-state index in [9.17, 15) is 0 Å². The standard InChI is InChI=1S/C21H21ClN4S/c1-11-9-14-16(10-11)27-19-17(14)18(13-7-5-6-8-15(13)22)23-21(3,4)20-25-24-12(2)26(19)20/h5-8,11H,9-10H2,1-4H3/t11-/m0/s1. The molecule has 1 atom stereocenters. The van der Waals surface area contributed by atoms with Gasteiger partial charge in [0.15, 0.2) is 5.82 Å².